The first-order valence-corrected chi connectivity index (χ1v) is 5.74. The summed E-state index contributed by atoms with van der Waals surface area (Å²) in [6.45, 7) is 6.49. The minimum absolute atomic E-state index is 0.134. The van der Waals surface area contributed by atoms with E-state index in [0.29, 0.717) is 18.9 Å². The fraction of sp³-hybridized carbons (Fsp3) is 0.538. The van der Waals surface area contributed by atoms with Gasteiger partial charge in [0.2, 0.25) is 0 Å². The number of ether oxygens (including phenoxy) is 1. The summed E-state index contributed by atoms with van der Waals surface area (Å²) in [5, 5.41) is 0. The number of rotatable bonds is 5. The van der Waals surface area contributed by atoms with Gasteiger partial charge in [0.15, 0.2) is 0 Å². The van der Waals surface area contributed by atoms with Crippen molar-refractivity contribution in [1.29, 1.82) is 0 Å². The summed E-state index contributed by atoms with van der Waals surface area (Å²) in [5.74, 6) is 0.285. The Morgan fingerprint density at radius 1 is 1.50 bits per heavy atom. The Kier molecular flexibility index (Phi) is 4.96. The van der Waals surface area contributed by atoms with E-state index in [-0.39, 0.29) is 5.97 Å². The van der Waals surface area contributed by atoms with E-state index < -0.39 is 0 Å². The Labute approximate surface area is 96.8 Å². The van der Waals surface area contributed by atoms with Crippen LogP contribution in [0, 0.1) is 0 Å². The van der Waals surface area contributed by atoms with Crippen molar-refractivity contribution in [3.63, 3.8) is 0 Å². The highest BCUT2D eigenvalue weighted by atomic mass is 16.5. The minimum atomic E-state index is -0.134. The normalized spacial score (nSPS) is 10.5. The molecule has 1 aromatic rings. The lowest BCUT2D eigenvalue weighted by Gasteiger charge is -2.06. The number of hydrogen-bond acceptors (Lipinski definition) is 3. The molecule has 0 aliphatic carbocycles. The summed E-state index contributed by atoms with van der Waals surface area (Å²) in [4.78, 5) is 15.5. The topological polar surface area (TPSA) is 39.2 Å². The summed E-state index contributed by atoms with van der Waals surface area (Å²) < 4.78 is 4.89. The quantitative estimate of drug-likeness (QED) is 0.718. The van der Waals surface area contributed by atoms with Gasteiger partial charge in [-0.15, -0.1) is 0 Å². The van der Waals surface area contributed by atoms with Gasteiger partial charge in [-0.25, -0.2) is 0 Å². The third-order valence-corrected chi connectivity index (χ3v) is 2.36. The molecule has 3 nitrogen and oxygen atoms in total. The van der Waals surface area contributed by atoms with Gasteiger partial charge in [-0.3, -0.25) is 9.78 Å². The van der Waals surface area contributed by atoms with Crippen LogP contribution in [0.4, 0.5) is 0 Å². The smallest absolute Gasteiger partial charge is 0.306 e. The lowest BCUT2D eigenvalue weighted by Crippen LogP contribution is -2.05. The number of carbonyl (C=O) groups excluding carboxylic acids is 1. The molecule has 0 aliphatic rings. The molecule has 0 N–H and O–H groups in total. The number of hydrogen-bond donors (Lipinski definition) is 0. The Morgan fingerprint density at radius 3 is 2.88 bits per heavy atom. The molecule has 0 saturated heterocycles. The second-order valence-corrected chi connectivity index (χ2v) is 4.05. The summed E-state index contributed by atoms with van der Waals surface area (Å²) in [6.07, 6.45) is 2.96. The first-order chi connectivity index (χ1) is 7.63. The first-order valence-electron chi connectivity index (χ1n) is 5.74. The van der Waals surface area contributed by atoms with Crippen LogP contribution in [0.15, 0.2) is 18.3 Å². The molecule has 1 heterocycles. The summed E-state index contributed by atoms with van der Waals surface area (Å²) >= 11 is 0. The fourth-order valence-corrected chi connectivity index (χ4v) is 1.45. The predicted octanol–water partition coefficient (Wildman–Crippen LogP) is 2.70. The number of carbonyl (C=O) groups is 1. The largest absolute Gasteiger partial charge is 0.466 e. The van der Waals surface area contributed by atoms with Crippen molar-refractivity contribution in [3.8, 4) is 0 Å². The molecule has 0 bridgehead atoms. The Bertz CT molecular complexity index is 348. The van der Waals surface area contributed by atoms with Gasteiger partial charge in [-0.1, -0.05) is 13.8 Å². The van der Waals surface area contributed by atoms with E-state index in [1.807, 2.05) is 13.0 Å². The van der Waals surface area contributed by atoms with E-state index in [1.54, 1.807) is 6.20 Å². The maximum atomic E-state index is 11.2. The Hall–Kier alpha value is -1.38. The minimum Gasteiger partial charge on any atom is -0.466 e. The SMILES string of the molecule is CCOC(=O)CCc1ccnc(C(C)C)c1. The molecular weight excluding hydrogens is 202 g/mol. The molecule has 0 aliphatic heterocycles. The monoisotopic (exact) mass is 221 g/mol. The van der Waals surface area contributed by atoms with Crippen LogP contribution in [0.3, 0.4) is 0 Å². The number of aromatic nitrogens is 1. The molecule has 0 saturated carbocycles. The Balaban J connectivity index is 2.54. The molecule has 1 aromatic heterocycles. The van der Waals surface area contributed by atoms with Gasteiger partial charge < -0.3 is 4.74 Å². The molecule has 3 heteroatoms. The van der Waals surface area contributed by atoms with Crippen molar-refractivity contribution in [3.05, 3.63) is 29.6 Å². The van der Waals surface area contributed by atoms with Crippen LogP contribution in [0.5, 0.6) is 0 Å². The highest BCUT2D eigenvalue weighted by Crippen LogP contribution is 2.13. The molecule has 0 spiro atoms. The average molecular weight is 221 g/mol. The molecule has 88 valence electrons. The number of nitrogens with zero attached hydrogens (tertiary/aromatic N) is 1. The molecular formula is C13H19NO2. The van der Waals surface area contributed by atoms with E-state index in [4.69, 9.17) is 4.74 Å². The van der Waals surface area contributed by atoms with Gasteiger partial charge in [-0.2, -0.15) is 0 Å². The van der Waals surface area contributed by atoms with Crippen molar-refractivity contribution >= 4 is 5.97 Å². The molecule has 0 amide bonds. The highest BCUT2D eigenvalue weighted by Gasteiger charge is 2.05. The summed E-state index contributed by atoms with van der Waals surface area (Å²) in [7, 11) is 0. The van der Waals surface area contributed by atoms with Crippen LogP contribution in [-0.2, 0) is 16.0 Å². The zero-order valence-corrected chi connectivity index (χ0v) is 10.2. The van der Waals surface area contributed by atoms with Gasteiger partial charge in [0, 0.05) is 18.3 Å². The van der Waals surface area contributed by atoms with E-state index in [1.165, 1.54) is 0 Å². The molecule has 0 atom stereocenters. The van der Waals surface area contributed by atoms with Crippen LogP contribution < -0.4 is 0 Å². The van der Waals surface area contributed by atoms with Crippen molar-refractivity contribution in [2.24, 2.45) is 0 Å². The van der Waals surface area contributed by atoms with Crippen molar-refractivity contribution in [2.75, 3.05) is 6.61 Å². The Morgan fingerprint density at radius 2 is 2.25 bits per heavy atom. The summed E-state index contributed by atoms with van der Waals surface area (Å²) in [5.41, 5.74) is 2.22. The highest BCUT2D eigenvalue weighted by molar-refractivity contribution is 5.69. The second kappa shape index (κ2) is 6.26. The lowest BCUT2D eigenvalue weighted by molar-refractivity contribution is -0.143. The lowest BCUT2D eigenvalue weighted by atomic mass is 10.1. The molecule has 0 radical (unpaired) electrons. The van der Waals surface area contributed by atoms with Gasteiger partial charge in [0.1, 0.15) is 0 Å². The maximum absolute atomic E-state index is 11.2. The second-order valence-electron chi connectivity index (χ2n) is 4.05. The van der Waals surface area contributed by atoms with E-state index in [2.05, 4.69) is 24.9 Å². The summed E-state index contributed by atoms with van der Waals surface area (Å²) in [6, 6.07) is 4.01. The molecule has 1 rings (SSSR count). The molecule has 0 fully saturated rings. The van der Waals surface area contributed by atoms with E-state index >= 15 is 0 Å². The van der Waals surface area contributed by atoms with Crippen molar-refractivity contribution in [1.82, 2.24) is 4.98 Å². The molecule has 0 unspecified atom stereocenters. The van der Waals surface area contributed by atoms with E-state index in [9.17, 15) is 4.79 Å². The van der Waals surface area contributed by atoms with E-state index in [0.717, 1.165) is 17.7 Å². The standard InChI is InChI=1S/C13H19NO2/c1-4-16-13(15)6-5-11-7-8-14-12(9-11)10(2)3/h7-10H,4-6H2,1-3H3. The maximum Gasteiger partial charge on any atom is 0.306 e. The van der Waals surface area contributed by atoms with Gasteiger partial charge >= 0.3 is 5.97 Å². The number of pyridine rings is 1. The zero-order chi connectivity index (χ0) is 12.0. The first kappa shape index (κ1) is 12.7. The molecule has 0 aromatic carbocycles. The average Bonchev–Trinajstić information content (AvgIpc) is 2.27. The third kappa shape index (κ3) is 4.01. The fourth-order valence-electron chi connectivity index (χ4n) is 1.45. The van der Waals surface area contributed by atoms with Crippen LogP contribution >= 0.6 is 0 Å². The van der Waals surface area contributed by atoms with Crippen LogP contribution in [0.2, 0.25) is 0 Å². The zero-order valence-electron chi connectivity index (χ0n) is 10.2. The predicted molar refractivity (Wildman–Crippen MR) is 63.3 cm³/mol. The molecule has 16 heavy (non-hydrogen) atoms. The van der Waals surface area contributed by atoms with Crippen LogP contribution in [-0.4, -0.2) is 17.6 Å². The van der Waals surface area contributed by atoms with Gasteiger partial charge in [-0.05, 0) is 37.0 Å². The number of esters is 1. The van der Waals surface area contributed by atoms with Crippen molar-refractivity contribution < 1.29 is 9.53 Å². The van der Waals surface area contributed by atoms with Crippen LogP contribution in [0.25, 0.3) is 0 Å². The number of aryl methyl sites for hydroxylation is 1. The van der Waals surface area contributed by atoms with Crippen LogP contribution in [0.1, 0.15) is 44.4 Å². The van der Waals surface area contributed by atoms with Gasteiger partial charge in [0.25, 0.3) is 0 Å². The third-order valence-electron chi connectivity index (χ3n) is 2.36. The van der Waals surface area contributed by atoms with Gasteiger partial charge in [0.05, 0.1) is 6.61 Å². The van der Waals surface area contributed by atoms with Crippen molar-refractivity contribution in [2.45, 2.75) is 39.5 Å².